The lowest BCUT2D eigenvalue weighted by molar-refractivity contribution is -0.122. The number of rotatable bonds is 6. The number of amides is 1. The van der Waals surface area contributed by atoms with Gasteiger partial charge >= 0.3 is 4.87 Å². The molecule has 1 unspecified atom stereocenters. The first-order valence-electron chi connectivity index (χ1n) is 6.74. The van der Waals surface area contributed by atoms with E-state index in [1.165, 1.54) is 4.57 Å². The highest BCUT2D eigenvalue weighted by Crippen LogP contribution is 2.21. The van der Waals surface area contributed by atoms with Gasteiger partial charge in [0.2, 0.25) is 5.91 Å². The number of thiazole rings is 1. The average Bonchev–Trinajstić information content (AvgIpc) is 2.52. The van der Waals surface area contributed by atoms with Gasteiger partial charge in [-0.05, 0) is 32.6 Å². The Balaban J connectivity index is 2.59. The summed E-state index contributed by atoms with van der Waals surface area (Å²) in [6.07, 6.45) is 0.218. The summed E-state index contributed by atoms with van der Waals surface area (Å²) < 4.78 is 1.50. The molecule has 1 heterocycles. The van der Waals surface area contributed by atoms with Crippen molar-refractivity contribution in [2.24, 2.45) is 5.41 Å². The van der Waals surface area contributed by atoms with Gasteiger partial charge in [-0.15, -0.1) is 0 Å². The third-order valence-electron chi connectivity index (χ3n) is 3.29. The molecule has 1 amide bonds. The van der Waals surface area contributed by atoms with Crippen molar-refractivity contribution in [2.45, 2.75) is 53.7 Å². The second-order valence-corrected chi connectivity index (χ2v) is 7.26. The zero-order valence-electron chi connectivity index (χ0n) is 12.8. The van der Waals surface area contributed by atoms with E-state index in [4.69, 9.17) is 0 Å². The van der Waals surface area contributed by atoms with Gasteiger partial charge in [-0.2, -0.15) is 0 Å². The summed E-state index contributed by atoms with van der Waals surface area (Å²) in [5.74, 6) is -0.174. The SMILES string of the molecule is Cc1sc(=O)n(CC(=O)NCC(C)(C)CC(C)O)c1C. The third-order valence-corrected chi connectivity index (χ3v) is 4.29. The number of nitrogens with zero attached hydrogens (tertiary/aromatic N) is 1. The van der Waals surface area contributed by atoms with Crippen LogP contribution in [0.15, 0.2) is 4.79 Å². The summed E-state index contributed by atoms with van der Waals surface area (Å²) in [4.78, 5) is 24.5. The molecule has 1 rings (SSSR count). The van der Waals surface area contributed by atoms with E-state index >= 15 is 0 Å². The minimum Gasteiger partial charge on any atom is -0.393 e. The van der Waals surface area contributed by atoms with E-state index in [1.54, 1.807) is 6.92 Å². The van der Waals surface area contributed by atoms with Crippen LogP contribution in [0.3, 0.4) is 0 Å². The number of hydrogen-bond donors (Lipinski definition) is 2. The molecule has 1 aromatic rings. The topological polar surface area (TPSA) is 71.3 Å². The van der Waals surface area contributed by atoms with Gasteiger partial charge in [0, 0.05) is 17.1 Å². The molecule has 0 aliphatic rings. The van der Waals surface area contributed by atoms with Crippen LogP contribution in [0.5, 0.6) is 0 Å². The first-order valence-corrected chi connectivity index (χ1v) is 7.55. The van der Waals surface area contributed by atoms with Crippen molar-refractivity contribution in [3.8, 4) is 0 Å². The van der Waals surface area contributed by atoms with Crippen LogP contribution in [0.25, 0.3) is 0 Å². The van der Waals surface area contributed by atoms with Gasteiger partial charge in [0.1, 0.15) is 6.54 Å². The fraction of sp³-hybridized carbons (Fsp3) is 0.714. The Morgan fingerprint density at radius 2 is 2.05 bits per heavy atom. The van der Waals surface area contributed by atoms with E-state index in [0.29, 0.717) is 13.0 Å². The van der Waals surface area contributed by atoms with Gasteiger partial charge in [0.15, 0.2) is 0 Å². The molecule has 0 aliphatic carbocycles. The van der Waals surface area contributed by atoms with Crippen LogP contribution < -0.4 is 10.2 Å². The highest BCUT2D eigenvalue weighted by Gasteiger charge is 2.21. The molecule has 0 radical (unpaired) electrons. The number of aromatic nitrogens is 1. The molecule has 2 N–H and O–H groups in total. The lowest BCUT2D eigenvalue weighted by atomic mass is 9.87. The van der Waals surface area contributed by atoms with Crippen LogP contribution in [-0.2, 0) is 11.3 Å². The molecule has 5 nitrogen and oxygen atoms in total. The van der Waals surface area contributed by atoms with Crippen molar-refractivity contribution >= 4 is 17.2 Å². The number of aliphatic hydroxyl groups is 1. The normalized spacial score (nSPS) is 13.3. The van der Waals surface area contributed by atoms with Gasteiger partial charge < -0.3 is 10.4 Å². The molecule has 0 spiro atoms. The molecule has 1 aromatic heterocycles. The molecule has 0 bridgehead atoms. The second-order valence-electron chi connectivity index (χ2n) is 6.09. The molecule has 0 aromatic carbocycles. The molecule has 0 saturated heterocycles. The fourth-order valence-electron chi connectivity index (χ4n) is 2.18. The largest absolute Gasteiger partial charge is 0.393 e. The second kappa shape index (κ2) is 6.54. The van der Waals surface area contributed by atoms with Crippen molar-refractivity contribution in [1.82, 2.24) is 9.88 Å². The van der Waals surface area contributed by atoms with Gasteiger partial charge in [-0.1, -0.05) is 25.2 Å². The van der Waals surface area contributed by atoms with Gasteiger partial charge in [0.25, 0.3) is 0 Å². The van der Waals surface area contributed by atoms with Crippen molar-refractivity contribution in [1.29, 1.82) is 0 Å². The van der Waals surface area contributed by atoms with Crippen LogP contribution in [0.4, 0.5) is 0 Å². The zero-order chi connectivity index (χ0) is 15.5. The van der Waals surface area contributed by atoms with Crippen LogP contribution in [-0.4, -0.2) is 28.2 Å². The zero-order valence-corrected chi connectivity index (χ0v) is 13.6. The van der Waals surface area contributed by atoms with E-state index in [1.807, 2.05) is 27.7 Å². The lowest BCUT2D eigenvalue weighted by Gasteiger charge is -2.26. The monoisotopic (exact) mass is 300 g/mol. The summed E-state index contributed by atoms with van der Waals surface area (Å²) in [5.41, 5.74) is 0.674. The highest BCUT2D eigenvalue weighted by atomic mass is 32.1. The van der Waals surface area contributed by atoms with Crippen molar-refractivity contribution in [3.05, 3.63) is 20.2 Å². The van der Waals surface area contributed by atoms with Crippen LogP contribution >= 0.6 is 11.3 Å². The summed E-state index contributed by atoms with van der Waals surface area (Å²) >= 11 is 1.16. The minimum atomic E-state index is -0.397. The van der Waals surface area contributed by atoms with E-state index < -0.39 is 6.10 Å². The Labute approximate surface area is 123 Å². The maximum atomic E-state index is 11.9. The van der Waals surface area contributed by atoms with Crippen molar-refractivity contribution < 1.29 is 9.90 Å². The third kappa shape index (κ3) is 4.76. The maximum Gasteiger partial charge on any atom is 0.308 e. The molecule has 1 atom stereocenters. The van der Waals surface area contributed by atoms with E-state index in [-0.39, 0.29) is 22.7 Å². The Morgan fingerprint density at radius 1 is 1.45 bits per heavy atom. The van der Waals surface area contributed by atoms with Crippen LogP contribution in [0.1, 0.15) is 37.8 Å². The predicted molar refractivity (Wildman–Crippen MR) is 81.1 cm³/mol. The summed E-state index contributed by atoms with van der Waals surface area (Å²) in [6, 6.07) is 0. The Bertz CT molecular complexity index is 529. The first-order chi connectivity index (χ1) is 9.12. The molecule has 0 saturated carbocycles. The number of hydrogen-bond acceptors (Lipinski definition) is 4. The van der Waals surface area contributed by atoms with Crippen LogP contribution in [0.2, 0.25) is 0 Å². The number of aliphatic hydroxyl groups excluding tert-OH is 1. The fourth-order valence-corrected chi connectivity index (χ4v) is 3.01. The van der Waals surface area contributed by atoms with Gasteiger partial charge in [0.05, 0.1) is 6.10 Å². The number of aryl methyl sites for hydroxylation is 1. The van der Waals surface area contributed by atoms with E-state index in [2.05, 4.69) is 5.32 Å². The van der Waals surface area contributed by atoms with E-state index in [0.717, 1.165) is 21.9 Å². The Kier molecular flexibility index (Phi) is 5.53. The average molecular weight is 300 g/mol. The van der Waals surface area contributed by atoms with Crippen LogP contribution in [0, 0.1) is 19.3 Å². The molecule has 20 heavy (non-hydrogen) atoms. The minimum absolute atomic E-state index is 0.0553. The van der Waals surface area contributed by atoms with Gasteiger partial charge in [-0.25, -0.2) is 0 Å². The smallest absolute Gasteiger partial charge is 0.308 e. The molecule has 6 heteroatoms. The molecular formula is C14H24N2O3S. The maximum absolute atomic E-state index is 11.9. The number of nitrogens with one attached hydrogen (secondary N) is 1. The standard InChI is InChI=1S/C14H24N2O3S/c1-9(17)6-14(4,5)8-15-12(18)7-16-10(2)11(3)20-13(16)19/h9,17H,6-8H2,1-5H3,(H,15,18). The molecule has 114 valence electrons. The Hall–Kier alpha value is -1.14. The van der Waals surface area contributed by atoms with Gasteiger partial charge in [-0.3, -0.25) is 14.2 Å². The highest BCUT2D eigenvalue weighted by molar-refractivity contribution is 7.09. The Morgan fingerprint density at radius 3 is 2.50 bits per heavy atom. The summed E-state index contributed by atoms with van der Waals surface area (Å²) in [6.45, 7) is 9.98. The number of carbonyl (C=O) groups excluding carboxylic acids is 1. The molecule has 0 fully saturated rings. The summed E-state index contributed by atoms with van der Waals surface area (Å²) in [5, 5.41) is 12.2. The molecule has 0 aliphatic heterocycles. The predicted octanol–water partition coefficient (Wildman–Crippen LogP) is 1.44. The first kappa shape index (κ1) is 16.9. The quantitative estimate of drug-likeness (QED) is 0.835. The summed E-state index contributed by atoms with van der Waals surface area (Å²) in [7, 11) is 0. The van der Waals surface area contributed by atoms with E-state index in [9.17, 15) is 14.7 Å². The lowest BCUT2D eigenvalue weighted by Crippen LogP contribution is -2.38. The van der Waals surface area contributed by atoms with Crippen molar-refractivity contribution in [3.63, 3.8) is 0 Å². The van der Waals surface area contributed by atoms with Crippen molar-refractivity contribution in [2.75, 3.05) is 6.54 Å². The number of carbonyl (C=O) groups is 1. The molecular weight excluding hydrogens is 276 g/mol.